The molecule has 1 aromatic heterocycles. The summed E-state index contributed by atoms with van der Waals surface area (Å²) in [5.41, 5.74) is 1.65. The average Bonchev–Trinajstić information content (AvgIpc) is 2.38. The first kappa shape index (κ1) is 14.5. The van der Waals surface area contributed by atoms with Crippen molar-refractivity contribution in [1.82, 2.24) is 4.98 Å². The molecule has 0 fully saturated rings. The Morgan fingerprint density at radius 3 is 2.65 bits per heavy atom. The lowest BCUT2D eigenvalue weighted by atomic mass is 10.1. The Labute approximate surface area is 121 Å². The highest BCUT2D eigenvalue weighted by atomic mass is 35.5. The summed E-state index contributed by atoms with van der Waals surface area (Å²) in [6.07, 6.45) is -0.767. The van der Waals surface area contributed by atoms with E-state index >= 15 is 0 Å². The third kappa shape index (κ3) is 2.96. The van der Waals surface area contributed by atoms with E-state index in [0.29, 0.717) is 16.3 Å². The van der Waals surface area contributed by atoms with E-state index in [2.05, 4.69) is 4.98 Å². The molecule has 0 saturated heterocycles. The highest BCUT2D eigenvalue weighted by Gasteiger charge is 2.18. The molecule has 4 nitrogen and oxygen atoms in total. The molecule has 20 heavy (non-hydrogen) atoms. The second kappa shape index (κ2) is 5.59. The number of benzene rings is 1. The van der Waals surface area contributed by atoms with E-state index in [9.17, 15) is 9.59 Å². The van der Waals surface area contributed by atoms with E-state index in [4.69, 9.17) is 16.3 Å². The van der Waals surface area contributed by atoms with E-state index in [1.54, 1.807) is 38.1 Å². The van der Waals surface area contributed by atoms with E-state index in [1.807, 2.05) is 0 Å². The van der Waals surface area contributed by atoms with Crippen LogP contribution in [0.1, 0.15) is 29.9 Å². The summed E-state index contributed by atoms with van der Waals surface area (Å²) < 4.78 is 5.10. The van der Waals surface area contributed by atoms with Gasteiger partial charge in [0.1, 0.15) is 0 Å². The lowest BCUT2D eigenvalue weighted by molar-refractivity contribution is -0.124. The van der Waals surface area contributed by atoms with Crippen molar-refractivity contribution in [3.63, 3.8) is 0 Å². The van der Waals surface area contributed by atoms with Crippen LogP contribution in [-0.4, -0.2) is 22.8 Å². The minimum absolute atomic E-state index is 0.201. The van der Waals surface area contributed by atoms with Crippen LogP contribution < -0.4 is 0 Å². The lowest BCUT2D eigenvalue weighted by Gasteiger charge is -2.12. The predicted molar refractivity (Wildman–Crippen MR) is 77.0 cm³/mol. The molecule has 0 saturated carbocycles. The zero-order chi connectivity index (χ0) is 14.9. The number of hydrogen-bond donors (Lipinski definition) is 0. The Bertz CT molecular complexity index is 697. The Kier molecular flexibility index (Phi) is 4.04. The van der Waals surface area contributed by atoms with Crippen molar-refractivity contribution in [1.29, 1.82) is 0 Å². The maximum Gasteiger partial charge on any atom is 0.340 e. The van der Waals surface area contributed by atoms with Crippen LogP contribution in [0.3, 0.4) is 0 Å². The van der Waals surface area contributed by atoms with Crippen LogP contribution in [0.15, 0.2) is 24.3 Å². The van der Waals surface area contributed by atoms with Crippen LogP contribution in [-0.2, 0) is 9.53 Å². The van der Waals surface area contributed by atoms with E-state index in [1.165, 1.54) is 6.92 Å². The number of halogens is 1. The zero-order valence-electron chi connectivity index (χ0n) is 11.4. The number of ether oxygens (including phenoxy) is 1. The molecule has 0 N–H and O–H groups in total. The van der Waals surface area contributed by atoms with Crippen molar-refractivity contribution < 1.29 is 14.3 Å². The van der Waals surface area contributed by atoms with Gasteiger partial charge in [0.2, 0.25) is 0 Å². The first-order valence-electron chi connectivity index (χ1n) is 6.17. The van der Waals surface area contributed by atoms with Gasteiger partial charge in [0.15, 0.2) is 11.9 Å². The van der Waals surface area contributed by atoms with Gasteiger partial charge >= 0.3 is 5.97 Å². The molecule has 1 heterocycles. The molecule has 5 heteroatoms. The van der Waals surface area contributed by atoms with Crippen LogP contribution in [0.5, 0.6) is 0 Å². The van der Waals surface area contributed by atoms with E-state index < -0.39 is 12.1 Å². The summed E-state index contributed by atoms with van der Waals surface area (Å²) in [5, 5.41) is 1.32. The number of aromatic nitrogens is 1. The van der Waals surface area contributed by atoms with Gasteiger partial charge in [-0.25, -0.2) is 4.79 Å². The Morgan fingerprint density at radius 2 is 2.00 bits per heavy atom. The molecule has 2 rings (SSSR count). The number of Topliss-reactive ketones (excluding diaryl/α,β-unsaturated/α-hetero) is 1. The maximum absolute atomic E-state index is 12.1. The number of carbonyl (C=O) groups is 2. The number of carbonyl (C=O) groups excluding carboxylic acids is 2. The molecule has 0 spiro atoms. The number of fused-ring (bicyclic) bond motifs is 1. The lowest BCUT2D eigenvalue weighted by Crippen LogP contribution is -2.22. The maximum atomic E-state index is 12.1. The van der Waals surface area contributed by atoms with Crippen molar-refractivity contribution in [3.8, 4) is 0 Å². The minimum atomic E-state index is -0.767. The number of nitrogens with zero attached hydrogens (tertiary/aromatic N) is 1. The van der Waals surface area contributed by atoms with Gasteiger partial charge in [0.05, 0.1) is 16.8 Å². The normalized spacial score (nSPS) is 12.2. The number of aryl methyl sites for hydroxylation is 1. The van der Waals surface area contributed by atoms with Crippen LogP contribution in [0.4, 0.5) is 0 Å². The highest BCUT2D eigenvalue weighted by molar-refractivity contribution is 6.31. The van der Waals surface area contributed by atoms with Gasteiger partial charge in [-0.3, -0.25) is 9.78 Å². The standard InChI is InChI=1S/C15H14ClNO3/c1-8-13(15(19)20-10(3)9(2)18)7-11-6-12(16)4-5-14(11)17-8/h4-7,10H,1-3H3. The largest absolute Gasteiger partial charge is 0.451 e. The van der Waals surface area contributed by atoms with Gasteiger partial charge in [-0.05, 0) is 45.0 Å². The predicted octanol–water partition coefficient (Wildman–Crippen LogP) is 3.33. The third-order valence-corrected chi connectivity index (χ3v) is 3.28. The van der Waals surface area contributed by atoms with Crippen LogP contribution in [0, 0.1) is 6.92 Å². The molecule has 1 atom stereocenters. The van der Waals surface area contributed by atoms with Crippen molar-refractivity contribution in [3.05, 3.63) is 40.5 Å². The molecular weight excluding hydrogens is 278 g/mol. The Balaban J connectivity index is 2.40. The number of rotatable bonds is 3. The summed E-state index contributed by atoms with van der Waals surface area (Å²) in [5.74, 6) is -0.757. The number of hydrogen-bond acceptors (Lipinski definition) is 4. The first-order chi connectivity index (χ1) is 9.38. The van der Waals surface area contributed by atoms with Gasteiger partial charge < -0.3 is 4.74 Å². The SMILES string of the molecule is CC(=O)C(C)OC(=O)c1cc2cc(Cl)ccc2nc1C. The molecule has 0 aliphatic rings. The van der Waals surface area contributed by atoms with Crippen molar-refractivity contribution in [2.45, 2.75) is 26.9 Å². The van der Waals surface area contributed by atoms with Crippen molar-refractivity contribution >= 4 is 34.3 Å². The number of pyridine rings is 1. The number of ketones is 1. The highest BCUT2D eigenvalue weighted by Crippen LogP contribution is 2.21. The Morgan fingerprint density at radius 1 is 1.30 bits per heavy atom. The zero-order valence-corrected chi connectivity index (χ0v) is 12.2. The summed E-state index contributed by atoms with van der Waals surface area (Å²) in [7, 11) is 0. The monoisotopic (exact) mass is 291 g/mol. The molecule has 0 aliphatic heterocycles. The molecule has 0 amide bonds. The molecule has 0 aliphatic carbocycles. The fourth-order valence-electron chi connectivity index (χ4n) is 1.76. The van der Waals surface area contributed by atoms with Gasteiger partial charge in [0, 0.05) is 10.4 Å². The first-order valence-corrected chi connectivity index (χ1v) is 6.54. The molecular formula is C15H14ClNO3. The van der Waals surface area contributed by atoms with Crippen molar-refractivity contribution in [2.24, 2.45) is 0 Å². The second-order valence-corrected chi connectivity index (χ2v) is 5.05. The summed E-state index contributed by atoms with van der Waals surface area (Å²) in [6, 6.07) is 6.94. The van der Waals surface area contributed by atoms with Gasteiger partial charge in [-0.1, -0.05) is 11.6 Å². The van der Waals surface area contributed by atoms with E-state index in [-0.39, 0.29) is 5.78 Å². The molecule has 104 valence electrons. The molecule has 1 unspecified atom stereocenters. The average molecular weight is 292 g/mol. The topological polar surface area (TPSA) is 56.3 Å². The summed E-state index contributed by atoms with van der Waals surface area (Å²) in [6.45, 7) is 4.65. The van der Waals surface area contributed by atoms with Crippen LogP contribution >= 0.6 is 11.6 Å². The van der Waals surface area contributed by atoms with Crippen LogP contribution in [0.25, 0.3) is 10.9 Å². The Hall–Kier alpha value is -1.94. The van der Waals surface area contributed by atoms with E-state index in [0.717, 1.165) is 10.9 Å². The van der Waals surface area contributed by atoms with Crippen molar-refractivity contribution in [2.75, 3.05) is 0 Å². The van der Waals surface area contributed by atoms with Gasteiger partial charge in [0.25, 0.3) is 0 Å². The fourth-order valence-corrected chi connectivity index (χ4v) is 1.94. The van der Waals surface area contributed by atoms with Gasteiger partial charge in [-0.2, -0.15) is 0 Å². The summed E-state index contributed by atoms with van der Waals surface area (Å²) in [4.78, 5) is 27.5. The molecule has 1 aromatic carbocycles. The van der Waals surface area contributed by atoms with Gasteiger partial charge in [-0.15, -0.1) is 0 Å². The molecule has 2 aromatic rings. The quantitative estimate of drug-likeness (QED) is 0.814. The fraction of sp³-hybridized carbons (Fsp3) is 0.267. The minimum Gasteiger partial charge on any atom is -0.451 e. The van der Waals surface area contributed by atoms with Crippen LogP contribution in [0.2, 0.25) is 5.02 Å². The third-order valence-electron chi connectivity index (χ3n) is 3.04. The summed E-state index contributed by atoms with van der Waals surface area (Å²) >= 11 is 5.93. The molecule has 0 radical (unpaired) electrons. The smallest absolute Gasteiger partial charge is 0.340 e. The number of esters is 1. The molecule has 0 bridgehead atoms. The second-order valence-electron chi connectivity index (χ2n) is 4.62.